The second kappa shape index (κ2) is 6.06. The van der Waals surface area contributed by atoms with Crippen LogP contribution < -0.4 is 10.5 Å². The first-order valence-corrected chi connectivity index (χ1v) is 7.43. The summed E-state index contributed by atoms with van der Waals surface area (Å²) in [4.78, 5) is -0.114. The van der Waals surface area contributed by atoms with Gasteiger partial charge >= 0.3 is 0 Å². The molecule has 0 aliphatic rings. The number of aryl methyl sites for hydroxylation is 1. The topological polar surface area (TPSA) is 133 Å². The monoisotopic (exact) mass is 304 g/mol. The lowest BCUT2D eigenvalue weighted by atomic mass is 10.1. The lowest BCUT2D eigenvalue weighted by molar-refractivity contribution is 0.0582. The van der Waals surface area contributed by atoms with Crippen LogP contribution in [-0.2, 0) is 10.0 Å². The van der Waals surface area contributed by atoms with E-state index in [4.69, 9.17) is 5.73 Å². The van der Waals surface area contributed by atoms with E-state index < -0.39 is 35.4 Å². The van der Waals surface area contributed by atoms with E-state index in [1.54, 1.807) is 19.9 Å². The Hall–Kier alpha value is -1.19. The number of rotatable bonds is 6. The van der Waals surface area contributed by atoms with Crippen molar-refractivity contribution in [2.24, 2.45) is 0 Å². The number of nitrogens with two attached hydrogens (primary N) is 1. The lowest BCUT2D eigenvalue weighted by Crippen LogP contribution is -2.57. The predicted octanol–water partition coefficient (Wildman–Crippen LogP) is -1.12. The number of anilines is 1. The molecule has 0 aromatic heterocycles. The minimum atomic E-state index is -4.09. The first-order chi connectivity index (χ1) is 9.23. The number of aliphatic hydroxyl groups is 3. The highest BCUT2D eigenvalue weighted by Gasteiger charge is 2.35. The number of hydrogen-bond acceptors (Lipinski definition) is 6. The first-order valence-electron chi connectivity index (χ1n) is 5.95. The van der Waals surface area contributed by atoms with Gasteiger partial charge in [-0.15, -0.1) is 0 Å². The van der Waals surface area contributed by atoms with Gasteiger partial charge in [-0.25, -0.2) is 8.42 Å². The van der Waals surface area contributed by atoms with Crippen LogP contribution in [0.25, 0.3) is 0 Å². The third kappa shape index (κ3) is 3.10. The molecule has 0 aliphatic carbocycles. The van der Waals surface area contributed by atoms with Gasteiger partial charge in [-0.1, -0.05) is 6.07 Å². The van der Waals surface area contributed by atoms with Crippen molar-refractivity contribution >= 4 is 15.7 Å². The van der Waals surface area contributed by atoms with Gasteiger partial charge in [-0.3, -0.25) is 0 Å². The van der Waals surface area contributed by atoms with Crippen LogP contribution in [0.5, 0.6) is 0 Å². The van der Waals surface area contributed by atoms with Crippen LogP contribution in [-0.4, -0.2) is 49.1 Å². The average Bonchev–Trinajstić information content (AvgIpc) is 2.40. The van der Waals surface area contributed by atoms with Crippen molar-refractivity contribution in [2.45, 2.75) is 24.3 Å². The predicted molar refractivity (Wildman–Crippen MR) is 74.6 cm³/mol. The van der Waals surface area contributed by atoms with Crippen LogP contribution >= 0.6 is 0 Å². The molecule has 8 heteroatoms. The molecule has 0 amide bonds. The van der Waals surface area contributed by atoms with Gasteiger partial charge < -0.3 is 21.1 Å². The van der Waals surface area contributed by atoms with E-state index in [-0.39, 0.29) is 10.6 Å². The molecule has 1 rings (SSSR count). The second-order valence-electron chi connectivity index (χ2n) is 4.79. The van der Waals surface area contributed by atoms with E-state index in [9.17, 15) is 23.7 Å². The Bertz CT molecular complexity index is 573. The molecule has 0 saturated heterocycles. The number of benzene rings is 1. The molecule has 20 heavy (non-hydrogen) atoms. The van der Waals surface area contributed by atoms with Crippen molar-refractivity contribution in [2.75, 3.05) is 25.6 Å². The zero-order chi connectivity index (χ0) is 15.6. The SMILES string of the molecule is Cc1ccc(N)c(S(=O)(=O)NC(CO)(CO)CO)c1C. The van der Waals surface area contributed by atoms with Gasteiger partial charge in [0.2, 0.25) is 10.0 Å². The van der Waals surface area contributed by atoms with Crippen LogP contribution in [0, 0.1) is 13.8 Å². The maximum atomic E-state index is 12.4. The summed E-state index contributed by atoms with van der Waals surface area (Å²) in [5, 5.41) is 27.6. The highest BCUT2D eigenvalue weighted by Crippen LogP contribution is 2.26. The number of aliphatic hydroxyl groups excluding tert-OH is 3. The molecule has 0 heterocycles. The van der Waals surface area contributed by atoms with Crippen molar-refractivity contribution in [3.8, 4) is 0 Å². The van der Waals surface area contributed by atoms with Crippen molar-refractivity contribution < 1.29 is 23.7 Å². The first kappa shape index (κ1) is 16.9. The van der Waals surface area contributed by atoms with E-state index in [1.807, 2.05) is 0 Å². The van der Waals surface area contributed by atoms with Gasteiger partial charge in [0.05, 0.1) is 25.5 Å². The normalized spacial score (nSPS) is 12.7. The molecule has 0 aliphatic heterocycles. The Morgan fingerprint density at radius 1 is 1.15 bits per heavy atom. The summed E-state index contributed by atoms with van der Waals surface area (Å²) in [6, 6.07) is 3.16. The zero-order valence-corrected chi connectivity index (χ0v) is 12.2. The molecule has 0 fully saturated rings. The lowest BCUT2D eigenvalue weighted by Gasteiger charge is -2.29. The summed E-state index contributed by atoms with van der Waals surface area (Å²) in [7, 11) is -4.09. The molecule has 0 radical (unpaired) electrons. The molecule has 114 valence electrons. The summed E-state index contributed by atoms with van der Waals surface area (Å²) < 4.78 is 26.9. The number of hydrogen-bond donors (Lipinski definition) is 5. The molecule has 0 bridgehead atoms. The maximum absolute atomic E-state index is 12.4. The van der Waals surface area contributed by atoms with Gasteiger partial charge in [0.25, 0.3) is 0 Å². The third-order valence-electron chi connectivity index (χ3n) is 3.23. The Balaban J connectivity index is 3.35. The van der Waals surface area contributed by atoms with Crippen LogP contribution in [0.2, 0.25) is 0 Å². The fourth-order valence-electron chi connectivity index (χ4n) is 1.75. The van der Waals surface area contributed by atoms with Gasteiger partial charge in [0.1, 0.15) is 10.4 Å². The smallest absolute Gasteiger partial charge is 0.243 e. The average molecular weight is 304 g/mol. The molecule has 0 unspecified atom stereocenters. The van der Waals surface area contributed by atoms with Crippen LogP contribution in [0.3, 0.4) is 0 Å². The molecule has 0 saturated carbocycles. The van der Waals surface area contributed by atoms with E-state index >= 15 is 0 Å². The fraction of sp³-hybridized carbons (Fsp3) is 0.500. The highest BCUT2D eigenvalue weighted by atomic mass is 32.2. The molecule has 6 N–H and O–H groups in total. The standard InChI is InChI=1S/C12H20N2O5S/c1-8-3-4-10(13)11(9(8)2)20(18,19)14-12(5-15,6-16)7-17/h3-4,14-17H,5-7,13H2,1-2H3. The summed E-state index contributed by atoms with van der Waals surface area (Å²) in [6.07, 6.45) is 0. The molecule has 7 nitrogen and oxygen atoms in total. The summed E-state index contributed by atoms with van der Waals surface area (Å²) in [5.41, 5.74) is 5.25. The number of nitrogen functional groups attached to an aromatic ring is 1. The zero-order valence-electron chi connectivity index (χ0n) is 11.4. The second-order valence-corrected chi connectivity index (χ2v) is 6.41. The highest BCUT2D eigenvalue weighted by molar-refractivity contribution is 7.89. The maximum Gasteiger partial charge on any atom is 0.243 e. The fourth-order valence-corrected chi connectivity index (χ4v) is 3.56. The van der Waals surface area contributed by atoms with E-state index in [0.717, 1.165) is 5.56 Å². The summed E-state index contributed by atoms with van der Waals surface area (Å²) in [6.45, 7) is 1.11. The summed E-state index contributed by atoms with van der Waals surface area (Å²) >= 11 is 0. The van der Waals surface area contributed by atoms with Crippen molar-refractivity contribution in [3.63, 3.8) is 0 Å². The minimum absolute atomic E-state index is 0.0586. The molecule has 1 aromatic carbocycles. The minimum Gasteiger partial charge on any atom is -0.398 e. The van der Waals surface area contributed by atoms with E-state index in [1.165, 1.54) is 6.07 Å². The van der Waals surface area contributed by atoms with Gasteiger partial charge in [-0.2, -0.15) is 4.72 Å². The van der Waals surface area contributed by atoms with Crippen molar-refractivity contribution in [1.82, 2.24) is 4.72 Å². The van der Waals surface area contributed by atoms with Crippen molar-refractivity contribution in [3.05, 3.63) is 23.3 Å². The van der Waals surface area contributed by atoms with Crippen LogP contribution in [0.15, 0.2) is 17.0 Å². The molecule has 0 atom stereocenters. The Kier molecular flexibility index (Phi) is 5.11. The van der Waals surface area contributed by atoms with Gasteiger partial charge in [0.15, 0.2) is 0 Å². The van der Waals surface area contributed by atoms with Crippen LogP contribution in [0.1, 0.15) is 11.1 Å². The molecule has 0 spiro atoms. The number of nitrogens with one attached hydrogen (secondary N) is 1. The van der Waals surface area contributed by atoms with Gasteiger partial charge in [0, 0.05) is 0 Å². The molecule has 1 aromatic rings. The van der Waals surface area contributed by atoms with E-state index in [2.05, 4.69) is 4.72 Å². The molecular formula is C12H20N2O5S. The summed E-state index contributed by atoms with van der Waals surface area (Å²) in [5.74, 6) is 0. The Morgan fingerprint density at radius 2 is 1.65 bits per heavy atom. The number of sulfonamides is 1. The molecular weight excluding hydrogens is 284 g/mol. The largest absolute Gasteiger partial charge is 0.398 e. The quantitative estimate of drug-likeness (QED) is 0.423. The Labute approximate surface area is 118 Å². The van der Waals surface area contributed by atoms with Crippen molar-refractivity contribution in [1.29, 1.82) is 0 Å². The van der Waals surface area contributed by atoms with Gasteiger partial charge in [-0.05, 0) is 31.0 Å². The Morgan fingerprint density at radius 3 is 2.10 bits per heavy atom. The third-order valence-corrected chi connectivity index (χ3v) is 5.02. The van der Waals surface area contributed by atoms with Crippen LogP contribution in [0.4, 0.5) is 5.69 Å². The van der Waals surface area contributed by atoms with E-state index in [0.29, 0.717) is 5.56 Å².